The van der Waals surface area contributed by atoms with E-state index in [1.165, 1.54) is 38.5 Å². The van der Waals surface area contributed by atoms with E-state index in [1.54, 1.807) is 4.68 Å². The molecule has 134 valence electrons. The predicted molar refractivity (Wildman–Crippen MR) is 96.0 cm³/mol. The lowest BCUT2D eigenvalue weighted by atomic mass is 9.84. The van der Waals surface area contributed by atoms with Crippen molar-refractivity contribution in [3.05, 3.63) is 17.5 Å². The minimum Gasteiger partial charge on any atom is -0.346 e. The minimum absolute atomic E-state index is 0.0140. The van der Waals surface area contributed by atoms with Crippen LogP contribution < -0.4 is 10.6 Å². The van der Waals surface area contributed by atoms with Crippen LogP contribution in [-0.4, -0.2) is 33.8 Å². The molecule has 2 atom stereocenters. The van der Waals surface area contributed by atoms with Crippen molar-refractivity contribution < 1.29 is 4.79 Å². The molecule has 0 unspecified atom stereocenters. The maximum atomic E-state index is 12.6. The molecule has 2 aliphatic carbocycles. The van der Waals surface area contributed by atoms with Crippen molar-refractivity contribution in [2.24, 2.45) is 13.0 Å². The molecule has 1 aromatic heterocycles. The number of nitrogens with one attached hydrogen (secondary N) is 2. The van der Waals surface area contributed by atoms with Crippen LogP contribution in [0.3, 0.4) is 0 Å². The molecule has 5 heteroatoms. The Balaban J connectivity index is 1.53. The zero-order valence-electron chi connectivity index (χ0n) is 15.3. The molecule has 1 amide bonds. The van der Waals surface area contributed by atoms with Crippen molar-refractivity contribution in [1.82, 2.24) is 20.4 Å². The molecular weight excluding hydrogens is 300 g/mol. The Labute approximate surface area is 145 Å². The third kappa shape index (κ3) is 4.18. The number of rotatable bonds is 6. The van der Waals surface area contributed by atoms with Gasteiger partial charge in [-0.2, -0.15) is 5.10 Å². The SMILES string of the molecule is CC(C)Cc1cc(C(=O)N[C@@H]2CC[C@@H]2NC2CCCCC2)n(C)n1. The largest absolute Gasteiger partial charge is 0.346 e. The topological polar surface area (TPSA) is 59.0 Å². The maximum absolute atomic E-state index is 12.6. The molecule has 2 fully saturated rings. The lowest BCUT2D eigenvalue weighted by Crippen LogP contribution is -2.59. The van der Waals surface area contributed by atoms with E-state index in [0.29, 0.717) is 23.7 Å². The molecule has 0 bridgehead atoms. The smallest absolute Gasteiger partial charge is 0.269 e. The van der Waals surface area contributed by atoms with Gasteiger partial charge in [0.15, 0.2) is 0 Å². The summed E-state index contributed by atoms with van der Waals surface area (Å²) in [6.45, 7) is 4.34. The highest BCUT2D eigenvalue weighted by molar-refractivity contribution is 5.93. The van der Waals surface area contributed by atoms with Crippen molar-refractivity contribution in [3.8, 4) is 0 Å². The summed E-state index contributed by atoms with van der Waals surface area (Å²) in [5, 5.41) is 11.5. The van der Waals surface area contributed by atoms with Crippen LogP contribution in [0.2, 0.25) is 0 Å². The van der Waals surface area contributed by atoms with Gasteiger partial charge in [0.2, 0.25) is 0 Å². The van der Waals surface area contributed by atoms with Gasteiger partial charge in [0, 0.05) is 25.2 Å². The second-order valence-electron chi connectivity index (χ2n) is 8.01. The summed E-state index contributed by atoms with van der Waals surface area (Å²) in [7, 11) is 1.86. The number of carbonyl (C=O) groups is 1. The zero-order chi connectivity index (χ0) is 17.1. The summed E-state index contributed by atoms with van der Waals surface area (Å²) in [5.41, 5.74) is 1.68. The average molecular weight is 332 g/mol. The quantitative estimate of drug-likeness (QED) is 0.842. The number of hydrogen-bond acceptors (Lipinski definition) is 3. The number of amides is 1. The summed E-state index contributed by atoms with van der Waals surface area (Å²) in [6.07, 6.45) is 9.80. The summed E-state index contributed by atoms with van der Waals surface area (Å²) in [4.78, 5) is 12.6. The molecule has 0 aromatic carbocycles. The van der Waals surface area contributed by atoms with Crippen LogP contribution in [0.15, 0.2) is 6.07 Å². The Kier molecular flexibility index (Phi) is 5.59. The molecule has 1 aromatic rings. The van der Waals surface area contributed by atoms with Gasteiger partial charge < -0.3 is 10.6 Å². The third-order valence-electron chi connectivity index (χ3n) is 5.43. The molecule has 2 saturated carbocycles. The normalized spacial score (nSPS) is 24.8. The Morgan fingerprint density at radius 1 is 1.21 bits per heavy atom. The Hall–Kier alpha value is -1.36. The van der Waals surface area contributed by atoms with Gasteiger partial charge in [-0.3, -0.25) is 9.48 Å². The summed E-state index contributed by atoms with van der Waals surface area (Å²) < 4.78 is 1.72. The van der Waals surface area contributed by atoms with Gasteiger partial charge in [-0.15, -0.1) is 0 Å². The summed E-state index contributed by atoms with van der Waals surface area (Å²) in [6, 6.07) is 3.30. The van der Waals surface area contributed by atoms with Gasteiger partial charge in [0.1, 0.15) is 5.69 Å². The summed E-state index contributed by atoms with van der Waals surface area (Å²) >= 11 is 0. The Bertz CT molecular complexity index is 560. The molecule has 0 aliphatic heterocycles. The van der Waals surface area contributed by atoms with Crippen LogP contribution in [0.4, 0.5) is 0 Å². The fourth-order valence-corrected chi connectivity index (χ4v) is 3.94. The van der Waals surface area contributed by atoms with Gasteiger partial charge >= 0.3 is 0 Å². The van der Waals surface area contributed by atoms with Crippen LogP contribution in [-0.2, 0) is 13.5 Å². The van der Waals surface area contributed by atoms with Crippen LogP contribution in [0.25, 0.3) is 0 Å². The van der Waals surface area contributed by atoms with Crippen molar-refractivity contribution in [3.63, 3.8) is 0 Å². The van der Waals surface area contributed by atoms with Gasteiger partial charge in [0.05, 0.1) is 5.69 Å². The predicted octanol–water partition coefficient (Wildman–Crippen LogP) is 2.80. The minimum atomic E-state index is 0.0140. The van der Waals surface area contributed by atoms with Crippen LogP contribution in [0.1, 0.15) is 75.0 Å². The van der Waals surface area contributed by atoms with E-state index in [9.17, 15) is 4.79 Å². The maximum Gasteiger partial charge on any atom is 0.269 e. The average Bonchev–Trinajstić information content (AvgIpc) is 2.90. The van der Waals surface area contributed by atoms with E-state index >= 15 is 0 Å². The first-order chi connectivity index (χ1) is 11.5. The highest BCUT2D eigenvalue weighted by Gasteiger charge is 2.34. The van der Waals surface area contributed by atoms with Gasteiger partial charge in [-0.25, -0.2) is 0 Å². The zero-order valence-corrected chi connectivity index (χ0v) is 15.3. The third-order valence-corrected chi connectivity index (χ3v) is 5.43. The molecule has 0 radical (unpaired) electrons. The highest BCUT2D eigenvalue weighted by Crippen LogP contribution is 2.25. The summed E-state index contributed by atoms with van der Waals surface area (Å²) in [5.74, 6) is 0.562. The number of aromatic nitrogens is 2. The van der Waals surface area contributed by atoms with E-state index in [4.69, 9.17) is 0 Å². The molecule has 1 heterocycles. The van der Waals surface area contributed by atoms with Gasteiger partial charge in [0.25, 0.3) is 5.91 Å². The monoisotopic (exact) mass is 332 g/mol. The van der Waals surface area contributed by atoms with Crippen LogP contribution in [0, 0.1) is 5.92 Å². The Morgan fingerprint density at radius 3 is 2.54 bits per heavy atom. The first-order valence-electron chi connectivity index (χ1n) is 9.62. The van der Waals surface area contributed by atoms with Gasteiger partial charge in [-0.1, -0.05) is 33.1 Å². The molecular formula is C19H32N4O. The van der Waals surface area contributed by atoms with E-state index in [2.05, 4.69) is 29.6 Å². The molecule has 24 heavy (non-hydrogen) atoms. The van der Waals surface area contributed by atoms with Crippen LogP contribution >= 0.6 is 0 Å². The van der Waals surface area contributed by atoms with E-state index < -0.39 is 0 Å². The Morgan fingerprint density at radius 2 is 1.92 bits per heavy atom. The fourth-order valence-electron chi connectivity index (χ4n) is 3.94. The lowest BCUT2D eigenvalue weighted by molar-refractivity contribution is 0.0876. The molecule has 2 N–H and O–H groups in total. The fraction of sp³-hybridized carbons (Fsp3) is 0.789. The molecule has 5 nitrogen and oxygen atoms in total. The molecule has 3 rings (SSSR count). The number of aryl methyl sites for hydroxylation is 1. The van der Waals surface area contributed by atoms with Crippen molar-refractivity contribution in [2.75, 3.05) is 0 Å². The number of carbonyl (C=O) groups excluding carboxylic acids is 1. The molecule has 2 aliphatic rings. The number of hydrogen-bond donors (Lipinski definition) is 2. The lowest BCUT2D eigenvalue weighted by Gasteiger charge is -2.41. The van der Waals surface area contributed by atoms with E-state index in [-0.39, 0.29) is 11.9 Å². The van der Waals surface area contributed by atoms with Crippen molar-refractivity contribution in [2.45, 2.75) is 83.3 Å². The first kappa shape index (κ1) is 17.5. The van der Waals surface area contributed by atoms with E-state index in [0.717, 1.165) is 18.5 Å². The standard InChI is InChI=1S/C19H32N4O/c1-13(2)11-15-12-18(23(3)22-15)19(24)21-17-10-9-16(17)20-14-7-5-4-6-8-14/h12-14,16-17,20H,4-11H2,1-3H3,(H,21,24)/t16-,17+/m0/s1. The second-order valence-corrected chi connectivity index (χ2v) is 8.01. The van der Waals surface area contributed by atoms with Crippen LogP contribution in [0.5, 0.6) is 0 Å². The van der Waals surface area contributed by atoms with Crippen molar-refractivity contribution >= 4 is 5.91 Å². The second kappa shape index (κ2) is 7.68. The highest BCUT2D eigenvalue weighted by atomic mass is 16.2. The van der Waals surface area contributed by atoms with E-state index in [1.807, 2.05) is 13.1 Å². The number of nitrogens with zero attached hydrogens (tertiary/aromatic N) is 2. The molecule has 0 saturated heterocycles. The molecule has 0 spiro atoms. The first-order valence-corrected chi connectivity index (χ1v) is 9.62. The van der Waals surface area contributed by atoms with Crippen molar-refractivity contribution in [1.29, 1.82) is 0 Å². The van der Waals surface area contributed by atoms with Gasteiger partial charge in [-0.05, 0) is 44.1 Å².